The van der Waals surface area contributed by atoms with Gasteiger partial charge in [0, 0.05) is 10.9 Å². The second kappa shape index (κ2) is 4.98. The van der Waals surface area contributed by atoms with Gasteiger partial charge in [0.15, 0.2) is 0 Å². The molecule has 3 nitrogen and oxygen atoms in total. The fourth-order valence-corrected chi connectivity index (χ4v) is 4.20. The lowest BCUT2D eigenvalue weighted by Crippen LogP contribution is -2.33. The Morgan fingerprint density at radius 3 is 2.85 bits per heavy atom. The number of benzene rings is 1. The highest BCUT2D eigenvalue weighted by atomic mass is 79.9. The lowest BCUT2D eigenvalue weighted by Gasteiger charge is -2.33. The number of thiophene rings is 1. The monoisotopic (exact) mass is 352 g/mol. The molecule has 0 amide bonds. The van der Waals surface area contributed by atoms with Crippen LogP contribution in [-0.2, 0) is 18.4 Å². The number of fused-ring (bicyclic) bond motifs is 1. The van der Waals surface area contributed by atoms with Crippen LogP contribution in [0.25, 0.3) is 0 Å². The zero-order valence-electron chi connectivity index (χ0n) is 10.6. The van der Waals surface area contributed by atoms with Gasteiger partial charge in [-0.2, -0.15) is 0 Å². The molecule has 104 valence electrons. The van der Waals surface area contributed by atoms with Crippen LogP contribution >= 0.6 is 27.3 Å². The quantitative estimate of drug-likeness (QED) is 0.868. The van der Waals surface area contributed by atoms with Crippen molar-refractivity contribution < 1.29 is 15.0 Å². The summed E-state index contributed by atoms with van der Waals surface area (Å²) in [5.74, 6) is -0.976. The average molecular weight is 353 g/mol. The molecule has 1 atom stereocenters. The minimum absolute atomic E-state index is 0.220. The lowest BCUT2D eigenvalue weighted by atomic mass is 9.79. The first kappa shape index (κ1) is 13.8. The molecule has 1 unspecified atom stereocenters. The van der Waals surface area contributed by atoms with E-state index in [0.717, 1.165) is 16.5 Å². The van der Waals surface area contributed by atoms with E-state index in [4.69, 9.17) is 0 Å². The Morgan fingerprint density at radius 1 is 1.30 bits per heavy atom. The van der Waals surface area contributed by atoms with Crippen LogP contribution in [0.4, 0.5) is 0 Å². The molecule has 0 aliphatic heterocycles. The molecule has 5 heteroatoms. The van der Waals surface area contributed by atoms with Crippen LogP contribution < -0.4 is 0 Å². The van der Waals surface area contributed by atoms with E-state index in [1.807, 2.05) is 12.1 Å². The predicted octanol–water partition coefficient (Wildman–Crippen LogP) is 3.59. The van der Waals surface area contributed by atoms with Crippen molar-refractivity contribution in [2.75, 3.05) is 0 Å². The van der Waals surface area contributed by atoms with Crippen LogP contribution in [0, 0.1) is 0 Å². The molecule has 2 N–H and O–H groups in total. The summed E-state index contributed by atoms with van der Waals surface area (Å²) in [5.41, 5.74) is 1.46. The fourth-order valence-electron chi connectivity index (χ4n) is 2.78. The predicted molar refractivity (Wildman–Crippen MR) is 81.3 cm³/mol. The number of hydrogen-bond acceptors (Lipinski definition) is 3. The Bertz CT molecular complexity index is 680. The highest BCUT2D eigenvalue weighted by molar-refractivity contribution is 9.10. The van der Waals surface area contributed by atoms with Crippen molar-refractivity contribution in [1.82, 2.24) is 0 Å². The zero-order valence-corrected chi connectivity index (χ0v) is 13.0. The van der Waals surface area contributed by atoms with Crippen molar-refractivity contribution in [3.8, 4) is 0 Å². The number of aliphatic hydroxyl groups is 1. The van der Waals surface area contributed by atoms with Crippen LogP contribution in [0.5, 0.6) is 0 Å². The molecular formula is C15H13BrO3S. The number of aryl methyl sites for hydroxylation is 1. The van der Waals surface area contributed by atoms with E-state index in [9.17, 15) is 15.0 Å². The summed E-state index contributed by atoms with van der Waals surface area (Å²) < 4.78 is 1.03. The molecule has 1 aromatic carbocycles. The maximum Gasteiger partial charge on any atom is 0.336 e. The number of carboxylic acids is 1. The summed E-state index contributed by atoms with van der Waals surface area (Å²) in [6.45, 7) is 0. The average Bonchev–Trinajstić information content (AvgIpc) is 2.89. The van der Waals surface area contributed by atoms with E-state index < -0.39 is 11.6 Å². The van der Waals surface area contributed by atoms with Crippen molar-refractivity contribution in [3.05, 3.63) is 55.7 Å². The Hall–Kier alpha value is -1.17. The topological polar surface area (TPSA) is 57.5 Å². The van der Waals surface area contributed by atoms with Gasteiger partial charge in [-0.3, -0.25) is 0 Å². The first-order chi connectivity index (χ1) is 9.49. The summed E-state index contributed by atoms with van der Waals surface area (Å²) in [7, 11) is 0. The molecule has 1 aliphatic carbocycles. The second-order valence-electron chi connectivity index (χ2n) is 5.09. The SMILES string of the molecule is O=C(O)c1ccsc1C1(O)CCc2cc(Br)ccc2C1. The Kier molecular flexibility index (Phi) is 3.44. The van der Waals surface area contributed by atoms with Gasteiger partial charge < -0.3 is 10.2 Å². The van der Waals surface area contributed by atoms with Crippen LogP contribution in [-0.4, -0.2) is 16.2 Å². The number of halogens is 1. The van der Waals surface area contributed by atoms with Crippen LogP contribution in [0.15, 0.2) is 34.1 Å². The summed E-state index contributed by atoms with van der Waals surface area (Å²) in [6, 6.07) is 7.59. The largest absolute Gasteiger partial charge is 0.478 e. The van der Waals surface area contributed by atoms with Gasteiger partial charge in [-0.15, -0.1) is 11.3 Å². The fraction of sp³-hybridized carbons (Fsp3) is 0.267. The zero-order chi connectivity index (χ0) is 14.3. The van der Waals surface area contributed by atoms with E-state index in [1.54, 1.807) is 11.4 Å². The third-order valence-corrected chi connectivity index (χ3v) is 5.38. The van der Waals surface area contributed by atoms with E-state index in [0.29, 0.717) is 17.7 Å². The number of carboxylic acid groups (broad SMARTS) is 1. The maximum atomic E-state index is 11.2. The second-order valence-corrected chi connectivity index (χ2v) is 6.92. The molecule has 0 bridgehead atoms. The molecule has 1 aromatic heterocycles. The van der Waals surface area contributed by atoms with Crippen molar-refractivity contribution in [2.24, 2.45) is 0 Å². The van der Waals surface area contributed by atoms with Gasteiger partial charge in [0.1, 0.15) is 5.60 Å². The van der Waals surface area contributed by atoms with Gasteiger partial charge in [0.25, 0.3) is 0 Å². The maximum absolute atomic E-state index is 11.2. The van der Waals surface area contributed by atoms with E-state index >= 15 is 0 Å². The Morgan fingerprint density at radius 2 is 2.10 bits per heavy atom. The normalized spacial score (nSPS) is 21.5. The van der Waals surface area contributed by atoms with E-state index in [2.05, 4.69) is 22.0 Å². The smallest absolute Gasteiger partial charge is 0.336 e. The minimum atomic E-state index is -1.07. The number of carbonyl (C=O) groups is 1. The van der Waals surface area contributed by atoms with Crippen molar-refractivity contribution in [3.63, 3.8) is 0 Å². The number of rotatable bonds is 2. The summed E-state index contributed by atoms with van der Waals surface area (Å²) in [6.07, 6.45) is 1.77. The van der Waals surface area contributed by atoms with Gasteiger partial charge in [-0.05, 0) is 47.5 Å². The first-order valence-electron chi connectivity index (χ1n) is 6.30. The molecule has 2 aromatic rings. The van der Waals surface area contributed by atoms with E-state index in [-0.39, 0.29) is 5.56 Å². The van der Waals surface area contributed by atoms with E-state index in [1.165, 1.54) is 16.9 Å². The molecule has 1 aliphatic rings. The lowest BCUT2D eigenvalue weighted by molar-refractivity contribution is 0.0239. The molecule has 3 rings (SSSR count). The Balaban J connectivity index is 2.01. The molecule has 0 radical (unpaired) electrons. The highest BCUT2D eigenvalue weighted by Gasteiger charge is 2.37. The third-order valence-electron chi connectivity index (χ3n) is 3.78. The van der Waals surface area contributed by atoms with Crippen LogP contribution in [0.3, 0.4) is 0 Å². The van der Waals surface area contributed by atoms with Gasteiger partial charge in [-0.25, -0.2) is 4.79 Å². The van der Waals surface area contributed by atoms with Crippen LogP contribution in [0.1, 0.15) is 32.8 Å². The number of hydrogen-bond donors (Lipinski definition) is 2. The highest BCUT2D eigenvalue weighted by Crippen LogP contribution is 2.41. The molecule has 20 heavy (non-hydrogen) atoms. The summed E-state index contributed by atoms with van der Waals surface area (Å²) in [4.78, 5) is 11.8. The van der Waals surface area contributed by atoms with Gasteiger partial charge >= 0.3 is 5.97 Å². The summed E-state index contributed by atoms with van der Waals surface area (Å²) in [5, 5.41) is 21.9. The van der Waals surface area contributed by atoms with Gasteiger partial charge in [-0.1, -0.05) is 22.0 Å². The molecule has 0 saturated heterocycles. The number of aromatic carboxylic acids is 1. The molecule has 0 fully saturated rings. The Labute approximate surface area is 129 Å². The third kappa shape index (κ3) is 2.30. The van der Waals surface area contributed by atoms with Gasteiger partial charge in [0.05, 0.1) is 10.4 Å². The minimum Gasteiger partial charge on any atom is -0.478 e. The first-order valence-corrected chi connectivity index (χ1v) is 7.98. The van der Waals surface area contributed by atoms with Crippen molar-refractivity contribution >= 4 is 33.2 Å². The van der Waals surface area contributed by atoms with Crippen molar-refractivity contribution in [2.45, 2.75) is 24.9 Å². The standard InChI is InChI=1S/C15H13BrO3S/c16-11-2-1-10-8-15(19,5-3-9(10)7-11)13-12(14(17)18)4-6-20-13/h1-2,4,6-7,19H,3,5,8H2,(H,17,18). The molecule has 0 spiro atoms. The van der Waals surface area contributed by atoms with Gasteiger partial charge in [0.2, 0.25) is 0 Å². The molecule has 1 heterocycles. The molecular weight excluding hydrogens is 340 g/mol. The van der Waals surface area contributed by atoms with Crippen LogP contribution in [0.2, 0.25) is 0 Å². The molecule has 0 saturated carbocycles. The summed E-state index contributed by atoms with van der Waals surface area (Å²) >= 11 is 4.77. The van der Waals surface area contributed by atoms with Crippen molar-refractivity contribution in [1.29, 1.82) is 0 Å².